The summed E-state index contributed by atoms with van der Waals surface area (Å²) in [6.45, 7) is -0.489. The number of ether oxygens (including phenoxy) is 1. The number of carboxylic acid groups (broad SMARTS) is 1. The normalized spacial score (nSPS) is 12.5. The average molecular weight is 496 g/mol. The van der Waals surface area contributed by atoms with Crippen LogP contribution in [0, 0.1) is 11.3 Å². The predicted octanol–water partition coefficient (Wildman–Crippen LogP) is 5.51. The summed E-state index contributed by atoms with van der Waals surface area (Å²) < 4.78 is 85.5. The summed E-state index contributed by atoms with van der Waals surface area (Å²) in [5.41, 5.74) is -3.86. The number of fused-ring (bicyclic) bond motifs is 1. The molecule has 1 N–H and O–H groups in total. The summed E-state index contributed by atoms with van der Waals surface area (Å²) in [6, 6.07) is 6.80. The average Bonchev–Trinajstić information content (AvgIpc) is 3.12. The van der Waals surface area contributed by atoms with Crippen molar-refractivity contribution in [3.8, 4) is 6.07 Å². The molecule has 0 unspecified atom stereocenters. The Labute approximate surface area is 193 Å². The van der Waals surface area contributed by atoms with Gasteiger partial charge in [-0.15, -0.1) is 0 Å². The Balaban J connectivity index is 2.27. The van der Waals surface area contributed by atoms with Gasteiger partial charge in [-0.25, -0.2) is 9.59 Å². The van der Waals surface area contributed by atoms with Crippen LogP contribution < -0.4 is 0 Å². The molecule has 1 heterocycles. The van der Waals surface area contributed by atoms with Gasteiger partial charge in [0.25, 0.3) is 0 Å². The molecule has 35 heavy (non-hydrogen) atoms. The summed E-state index contributed by atoms with van der Waals surface area (Å²) in [5.74, 6) is -2.40. The lowest BCUT2D eigenvalue weighted by Gasteiger charge is -2.15. The van der Waals surface area contributed by atoms with Crippen LogP contribution in [0.1, 0.15) is 32.6 Å². The number of aliphatic carboxylic acids is 1. The van der Waals surface area contributed by atoms with Gasteiger partial charge in [-0.2, -0.15) is 31.6 Å². The number of methoxy groups -OCH3 is 1. The van der Waals surface area contributed by atoms with Crippen LogP contribution in [0.25, 0.3) is 17.0 Å². The molecule has 12 heteroatoms. The van der Waals surface area contributed by atoms with E-state index in [1.165, 1.54) is 35.0 Å². The first-order valence-electron chi connectivity index (χ1n) is 9.60. The van der Waals surface area contributed by atoms with Crippen molar-refractivity contribution in [2.24, 2.45) is 0 Å². The van der Waals surface area contributed by atoms with Gasteiger partial charge < -0.3 is 14.4 Å². The lowest BCUT2D eigenvalue weighted by molar-refractivity contribution is -0.143. The van der Waals surface area contributed by atoms with Crippen LogP contribution in [-0.2, 0) is 28.4 Å². The number of carboxylic acids is 1. The number of nitrogens with zero attached hydrogens (tertiary/aromatic N) is 2. The number of alkyl halides is 6. The van der Waals surface area contributed by atoms with Crippen LogP contribution in [0.15, 0.2) is 48.2 Å². The summed E-state index contributed by atoms with van der Waals surface area (Å²) in [5, 5.41) is 18.4. The minimum absolute atomic E-state index is 0.00679. The SMILES string of the molecule is COC(=O)c1cccc2c1c(/C=C(\C#N)C(=O)O)cn2Cc1cc(C(F)(F)F)cc(C(F)(F)F)c1. The molecule has 0 radical (unpaired) electrons. The highest BCUT2D eigenvalue weighted by atomic mass is 19.4. The Hall–Kier alpha value is -4.27. The lowest BCUT2D eigenvalue weighted by Crippen LogP contribution is -2.12. The van der Waals surface area contributed by atoms with E-state index in [0.29, 0.717) is 12.1 Å². The Kier molecular flexibility index (Phi) is 6.64. The lowest BCUT2D eigenvalue weighted by atomic mass is 10.0. The molecule has 0 saturated heterocycles. The number of halogens is 6. The van der Waals surface area contributed by atoms with Crippen molar-refractivity contribution in [3.63, 3.8) is 0 Å². The molecule has 0 atom stereocenters. The molecule has 0 amide bonds. The van der Waals surface area contributed by atoms with Gasteiger partial charge in [-0.3, -0.25) is 0 Å². The molecule has 0 aliphatic carbocycles. The smallest absolute Gasteiger partial charge is 0.416 e. The fourth-order valence-corrected chi connectivity index (χ4v) is 3.51. The Morgan fingerprint density at radius 1 is 1.09 bits per heavy atom. The third-order valence-corrected chi connectivity index (χ3v) is 4.99. The molecule has 3 aromatic rings. The van der Waals surface area contributed by atoms with Gasteiger partial charge in [0.1, 0.15) is 11.6 Å². The highest BCUT2D eigenvalue weighted by molar-refractivity contribution is 6.09. The second-order valence-corrected chi connectivity index (χ2v) is 7.29. The van der Waals surface area contributed by atoms with Crippen molar-refractivity contribution in [2.75, 3.05) is 7.11 Å². The van der Waals surface area contributed by atoms with E-state index in [1.807, 2.05) is 0 Å². The minimum atomic E-state index is -5.04. The number of nitriles is 1. The zero-order valence-corrected chi connectivity index (χ0v) is 17.7. The number of rotatable bonds is 5. The second-order valence-electron chi connectivity index (χ2n) is 7.29. The van der Waals surface area contributed by atoms with Crippen LogP contribution >= 0.6 is 0 Å². The molecule has 1 aromatic heterocycles. The van der Waals surface area contributed by atoms with E-state index in [4.69, 9.17) is 10.00 Å². The fraction of sp³-hybridized carbons (Fsp3) is 0.174. The number of carbonyl (C=O) groups is 2. The van der Waals surface area contributed by atoms with Gasteiger partial charge in [-0.05, 0) is 42.0 Å². The van der Waals surface area contributed by atoms with Gasteiger partial charge >= 0.3 is 24.3 Å². The third kappa shape index (κ3) is 5.29. The monoisotopic (exact) mass is 496 g/mol. The van der Waals surface area contributed by atoms with E-state index in [2.05, 4.69) is 0 Å². The number of esters is 1. The van der Waals surface area contributed by atoms with E-state index >= 15 is 0 Å². The molecular formula is C23H14F6N2O4. The van der Waals surface area contributed by atoms with Crippen molar-refractivity contribution >= 4 is 28.9 Å². The van der Waals surface area contributed by atoms with Crippen LogP contribution in [0.4, 0.5) is 26.3 Å². The number of carbonyl (C=O) groups excluding carboxylic acids is 1. The zero-order chi connectivity index (χ0) is 26.1. The molecular weight excluding hydrogens is 482 g/mol. The Bertz CT molecular complexity index is 1360. The van der Waals surface area contributed by atoms with Gasteiger partial charge in [0.2, 0.25) is 0 Å². The van der Waals surface area contributed by atoms with Crippen molar-refractivity contribution < 1.29 is 45.8 Å². The molecule has 0 spiro atoms. The standard InChI is InChI=1S/C23H14F6N2O4/c1-35-21(34)17-3-2-4-18-19(17)14(7-13(9-30)20(32)33)11-31(18)10-12-5-15(22(24,25)26)8-16(6-12)23(27,28)29/h2-8,11H,10H2,1H3,(H,32,33)/b13-7+. The first-order chi connectivity index (χ1) is 16.3. The molecule has 0 fully saturated rings. The van der Waals surface area contributed by atoms with Gasteiger partial charge in [0, 0.05) is 29.2 Å². The quantitative estimate of drug-likeness (QED) is 0.218. The van der Waals surface area contributed by atoms with E-state index in [0.717, 1.165) is 13.2 Å². The molecule has 0 saturated carbocycles. The van der Waals surface area contributed by atoms with Crippen LogP contribution in [0.2, 0.25) is 0 Å². The van der Waals surface area contributed by atoms with Crippen molar-refractivity contribution in [3.05, 3.63) is 76.0 Å². The number of hydrogen-bond donors (Lipinski definition) is 1. The van der Waals surface area contributed by atoms with E-state index in [1.54, 1.807) is 0 Å². The third-order valence-electron chi connectivity index (χ3n) is 4.99. The molecule has 3 rings (SSSR count). The number of hydrogen-bond acceptors (Lipinski definition) is 4. The maximum atomic E-state index is 13.3. The molecule has 182 valence electrons. The Morgan fingerprint density at radius 2 is 1.69 bits per heavy atom. The highest BCUT2D eigenvalue weighted by Gasteiger charge is 2.37. The summed E-state index contributed by atoms with van der Waals surface area (Å²) in [7, 11) is 1.09. The van der Waals surface area contributed by atoms with Crippen molar-refractivity contribution in [2.45, 2.75) is 18.9 Å². The van der Waals surface area contributed by atoms with E-state index in [-0.39, 0.29) is 33.7 Å². The topological polar surface area (TPSA) is 92.3 Å². The van der Waals surface area contributed by atoms with E-state index in [9.17, 15) is 41.0 Å². The van der Waals surface area contributed by atoms with Crippen LogP contribution in [-0.4, -0.2) is 28.7 Å². The highest BCUT2D eigenvalue weighted by Crippen LogP contribution is 2.37. The maximum absolute atomic E-state index is 13.3. The van der Waals surface area contributed by atoms with Crippen LogP contribution in [0.5, 0.6) is 0 Å². The maximum Gasteiger partial charge on any atom is 0.416 e. The van der Waals surface area contributed by atoms with Crippen molar-refractivity contribution in [1.82, 2.24) is 4.57 Å². The first-order valence-corrected chi connectivity index (χ1v) is 9.60. The zero-order valence-electron chi connectivity index (χ0n) is 17.7. The van der Waals surface area contributed by atoms with Gasteiger partial charge in [0.15, 0.2) is 0 Å². The summed E-state index contributed by atoms with van der Waals surface area (Å²) in [6.07, 6.45) is -7.90. The summed E-state index contributed by atoms with van der Waals surface area (Å²) >= 11 is 0. The van der Waals surface area contributed by atoms with Crippen LogP contribution in [0.3, 0.4) is 0 Å². The minimum Gasteiger partial charge on any atom is -0.477 e. The molecule has 0 bridgehead atoms. The van der Waals surface area contributed by atoms with Gasteiger partial charge in [0.05, 0.1) is 23.8 Å². The second kappa shape index (κ2) is 9.17. The van der Waals surface area contributed by atoms with E-state index < -0.39 is 47.5 Å². The van der Waals surface area contributed by atoms with Crippen molar-refractivity contribution in [1.29, 1.82) is 5.26 Å². The first kappa shape index (κ1) is 25.4. The fourth-order valence-electron chi connectivity index (χ4n) is 3.51. The van der Waals surface area contributed by atoms with Gasteiger partial charge in [-0.1, -0.05) is 6.07 Å². The number of aromatic nitrogens is 1. The number of benzene rings is 2. The molecule has 0 aliphatic rings. The summed E-state index contributed by atoms with van der Waals surface area (Å²) in [4.78, 5) is 23.6. The Morgan fingerprint density at radius 3 is 2.17 bits per heavy atom. The predicted molar refractivity (Wildman–Crippen MR) is 110 cm³/mol. The molecule has 6 nitrogen and oxygen atoms in total. The molecule has 0 aliphatic heterocycles. The molecule has 2 aromatic carbocycles. The largest absolute Gasteiger partial charge is 0.477 e.